The van der Waals surface area contributed by atoms with E-state index in [0.29, 0.717) is 17.2 Å². The maximum Gasteiger partial charge on any atom is 0.143 e. The number of rotatable bonds is 6. The molecule has 0 atom stereocenters. The molecule has 1 nitrogen and oxygen atoms in total. The highest BCUT2D eigenvalue weighted by Gasteiger charge is 2.05. The van der Waals surface area contributed by atoms with Crippen LogP contribution in [0.2, 0.25) is 5.02 Å². The van der Waals surface area contributed by atoms with Gasteiger partial charge in [-0.3, -0.25) is 4.79 Å². The molecular formula is C13H15ClOS. The minimum atomic E-state index is 0.243. The summed E-state index contributed by atoms with van der Waals surface area (Å²) in [6.07, 6.45) is 1.36. The van der Waals surface area contributed by atoms with E-state index in [9.17, 15) is 4.79 Å². The Balaban J connectivity index is 2.37. The third-order valence-corrected chi connectivity index (χ3v) is 3.63. The zero-order chi connectivity index (χ0) is 12.0. The van der Waals surface area contributed by atoms with Crippen molar-refractivity contribution in [3.63, 3.8) is 0 Å². The van der Waals surface area contributed by atoms with E-state index in [1.54, 1.807) is 0 Å². The average Bonchev–Trinajstić information content (AvgIpc) is 2.25. The number of ketones is 1. The number of allylic oxidation sites excluding steroid dienone is 1. The van der Waals surface area contributed by atoms with Crippen LogP contribution in [0, 0.1) is 0 Å². The Morgan fingerprint density at radius 2 is 2.06 bits per heavy atom. The first kappa shape index (κ1) is 13.3. The van der Waals surface area contributed by atoms with E-state index in [2.05, 4.69) is 6.58 Å². The molecule has 0 aliphatic heterocycles. The summed E-state index contributed by atoms with van der Waals surface area (Å²) < 4.78 is 0. The first-order valence-electron chi connectivity index (χ1n) is 5.13. The van der Waals surface area contributed by atoms with Gasteiger partial charge >= 0.3 is 0 Å². The fourth-order valence-corrected chi connectivity index (χ4v) is 2.29. The lowest BCUT2D eigenvalue weighted by molar-refractivity contribution is -0.116. The van der Waals surface area contributed by atoms with E-state index in [0.717, 1.165) is 16.9 Å². The SMILES string of the molecule is C=C(C)CCC(=O)CSc1ccccc1Cl. The van der Waals surface area contributed by atoms with Gasteiger partial charge in [0.25, 0.3) is 0 Å². The molecule has 16 heavy (non-hydrogen) atoms. The van der Waals surface area contributed by atoms with E-state index in [4.69, 9.17) is 11.6 Å². The summed E-state index contributed by atoms with van der Waals surface area (Å²) in [6.45, 7) is 5.72. The average molecular weight is 255 g/mol. The van der Waals surface area contributed by atoms with Gasteiger partial charge in [0.05, 0.1) is 10.8 Å². The predicted octanol–water partition coefficient (Wildman–Crippen LogP) is 4.36. The summed E-state index contributed by atoms with van der Waals surface area (Å²) >= 11 is 7.48. The van der Waals surface area contributed by atoms with Crippen molar-refractivity contribution in [2.45, 2.75) is 24.7 Å². The lowest BCUT2D eigenvalue weighted by Gasteiger charge is -2.03. The highest BCUT2D eigenvalue weighted by atomic mass is 35.5. The summed E-state index contributed by atoms with van der Waals surface area (Å²) in [5.74, 6) is 0.727. The van der Waals surface area contributed by atoms with Gasteiger partial charge in [-0.05, 0) is 25.5 Å². The van der Waals surface area contributed by atoms with Crippen LogP contribution in [0.3, 0.4) is 0 Å². The number of Topliss-reactive ketones (excluding diaryl/α,β-unsaturated/α-hetero) is 1. The molecule has 0 aromatic heterocycles. The Hall–Kier alpha value is -0.730. The Kier molecular flexibility index (Phi) is 5.64. The fraction of sp³-hybridized carbons (Fsp3) is 0.308. The van der Waals surface area contributed by atoms with Crippen molar-refractivity contribution in [1.82, 2.24) is 0 Å². The number of hydrogen-bond acceptors (Lipinski definition) is 2. The van der Waals surface area contributed by atoms with Gasteiger partial charge in [-0.15, -0.1) is 18.3 Å². The van der Waals surface area contributed by atoms with Crippen molar-refractivity contribution >= 4 is 29.1 Å². The van der Waals surface area contributed by atoms with Crippen molar-refractivity contribution in [1.29, 1.82) is 0 Å². The highest BCUT2D eigenvalue weighted by molar-refractivity contribution is 8.00. The summed E-state index contributed by atoms with van der Waals surface area (Å²) in [5, 5.41) is 0.709. The number of carbonyl (C=O) groups excluding carboxylic acids is 1. The van der Waals surface area contributed by atoms with Crippen LogP contribution in [0.25, 0.3) is 0 Å². The molecule has 0 saturated carbocycles. The Morgan fingerprint density at radius 1 is 1.38 bits per heavy atom. The Bertz CT molecular complexity index is 387. The van der Waals surface area contributed by atoms with E-state index < -0.39 is 0 Å². The first-order chi connectivity index (χ1) is 7.59. The van der Waals surface area contributed by atoms with Crippen LogP contribution in [-0.2, 0) is 4.79 Å². The lowest BCUT2D eigenvalue weighted by atomic mass is 10.1. The monoisotopic (exact) mass is 254 g/mol. The Labute approximate surface area is 106 Å². The maximum absolute atomic E-state index is 11.5. The molecule has 3 heteroatoms. The molecule has 0 heterocycles. The van der Waals surface area contributed by atoms with Crippen LogP contribution in [0.15, 0.2) is 41.3 Å². The van der Waals surface area contributed by atoms with Gasteiger partial charge in [0, 0.05) is 11.3 Å². The topological polar surface area (TPSA) is 17.1 Å². The molecule has 1 aromatic carbocycles. The van der Waals surface area contributed by atoms with Gasteiger partial charge < -0.3 is 0 Å². The Morgan fingerprint density at radius 3 is 2.69 bits per heavy atom. The second-order valence-electron chi connectivity index (χ2n) is 3.71. The standard InChI is InChI=1S/C13H15ClOS/c1-10(2)7-8-11(15)9-16-13-6-4-3-5-12(13)14/h3-6H,1,7-9H2,2H3. The molecule has 0 N–H and O–H groups in total. The van der Waals surface area contributed by atoms with Crippen molar-refractivity contribution in [2.24, 2.45) is 0 Å². The van der Waals surface area contributed by atoms with Gasteiger partial charge in [0.15, 0.2) is 0 Å². The van der Waals surface area contributed by atoms with Crippen LogP contribution in [0.5, 0.6) is 0 Å². The molecule has 0 fully saturated rings. The molecular weight excluding hydrogens is 240 g/mol. The largest absolute Gasteiger partial charge is 0.299 e. The molecule has 0 radical (unpaired) electrons. The van der Waals surface area contributed by atoms with Gasteiger partial charge in [0.1, 0.15) is 5.78 Å². The third kappa shape index (κ3) is 4.86. The van der Waals surface area contributed by atoms with Gasteiger partial charge in [-0.25, -0.2) is 0 Å². The zero-order valence-electron chi connectivity index (χ0n) is 9.33. The minimum Gasteiger partial charge on any atom is -0.299 e. The second kappa shape index (κ2) is 6.77. The summed E-state index contributed by atoms with van der Waals surface area (Å²) in [7, 11) is 0. The van der Waals surface area contributed by atoms with Crippen LogP contribution in [0.1, 0.15) is 19.8 Å². The summed E-state index contributed by atoms with van der Waals surface area (Å²) in [5.41, 5.74) is 1.05. The fourth-order valence-electron chi connectivity index (χ4n) is 1.15. The minimum absolute atomic E-state index is 0.243. The second-order valence-corrected chi connectivity index (χ2v) is 5.14. The molecule has 0 aliphatic rings. The zero-order valence-corrected chi connectivity index (χ0v) is 10.9. The van der Waals surface area contributed by atoms with Crippen LogP contribution in [0.4, 0.5) is 0 Å². The molecule has 86 valence electrons. The van der Waals surface area contributed by atoms with E-state index >= 15 is 0 Å². The molecule has 0 amide bonds. The molecule has 0 bridgehead atoms. The van der Waals surface area contributed by atoms with E-state index in [1.807, 2.05) is 31.2 Å². The number of benzene rings is 1. The lowest BCUT2D eigenvalue weighted by Crippen LogP contribution is -2.01. The third-order valence-electron chi connectivity index (χ3n) is 2.06. The highest BCUT2D eigenvalue weighted by Crippen LogP contribution is 2.26. The predicted molar refractivity (Wildman–Crippen MR) is 71.2 cm³/mol. The summed E-state index contributed by atoms with van der Waals surface area (Å²) in [6, 6.07) is 7.57. The number of thioether (sulfide) groups is 1. The van der Waals surface area contributed by atoms with Crippen LogP contribution in [-0.4, -0.2) is 11.5 Å². The van der Waals surface area contributed by atoms with Crippen molar-refractivity contribution in [3.05, 3.63) is 41.4 Å². The number of halogens is 1. The molecule has 1 aromatic rings. The first-order valence-corrected chi connectivity index (χ1v) is 6.49. The van der Waals surface area contributed by atoms with Gasteiger partial charge in [0.2, 0.25) is 0 Å². The van der Waals surface area contributed by atoms with Crippen molar-refractivity contribution < 1.29 is 4.79 Å². The maximum atomic E-state index is 11.5. The van der Waals surface area contributed by atoms with Crippen molar-refractivity contribution in [3.8, 4) is 0 Å². The molecule has 0 unspecified atom stereocenters. The number of carbonyl (C=O) groups is 1. The van der Waals surface area contributed by atoms with Gasteiger partial charge in [-0.1, -0.05) is 29.3 Å². The van der Waals surface area contributed by atoms with E-state index in [-0.39, 0.29) is 5.78 Å². The quantitative estimate of drug-likeness (QED) is 0.554. The molecule has 0 aliphatic carbocycles. The van der Waals surface area contributed by atoms with Crippen molar-refractivity contribution in [2.75, 3.05) is 5.75 Å². The number of hydrogen-bond donors (Lipinski definition) is 0. The smallest absolute Gasteiger partial charge is 0.143 e. The molecule has 0 spiro atoms. The molecule has 1 rings (SSSR count). The van der Waals surface area contributed by atoms with E-state index in [1.165, 1.54) is 11.8 Å². The van der Waals surface area contributed by atoms with Gasteiger partial charge in [-0.2, -0.15) is 0 Å². The molecule has 0 saturated heterocycles. The normalized spacial score (nSPS) is 10.1. The summed E-state index contributed by atoms with van der Waals surface area (Å²) in [4.78, 5) is 12.5. The van der Waals surface area contributed by atoms with Crippen LogP contribution >= 0.6 is 23.4 Å². The van der Waals surface area contributed by atoms with Crippen LogP contribution < -0.4 is 0 Å².